The molecule has 12 heavy (non-hydrogen) atoms. The van der Waals surface area contributed by atoms with Gasteiger partial charge in [0.15, 0.2) is 0 Å². The zero-order valence-electron chi connectivity index (χ0n) is 7.44. The molecule has 0 saturated carbocycles. The highest BCUT2D eigenvalue weighted by Gasteiger charge is 1.98. The van der Waals surface area contributed by atoms with Crippen LogP contribution in [0.1, 0.15) is 6.93 Å². The monoisotopic (exact) mass is 160 g/mol. The zero-order chi connectivity index (χ0) is 9.26. The van der Waals surface area contributed by atoms with E-state index in [2.05, 4.69) is 9.97 Å². The van der Waals surface area contributed by atoms with Crippen LogP contribution in [0, 0.1) is 0 Å². The van der Waals surface area contributed by atoms with E-state index in [1.807, 2.05) is 12.1 Å². The number of rotatable bonds is 1. The van der Waals surface area contributed by atoms with Gasteiger partial charge in [-0.15, -0.1) is 0 Å². The van der Waals surface area contributed by atoms with Crippen molar-refractivity contribution in [2.24, 2.45) is 5.73 Å². The molecule has 3 heteroatoms. The third kappa shape index (κ3) is 1.04. The molecule has 2 heterocycles. The van der Waals surface area contributed by atoms with Gasteiger partial charge in [0, 0.05) is 37.4 Å². The fourth-order valence-electron chi connectivity index (χ4n) is 1.14. The molecule has 0 bridgehead atoms. The van der Waals surface area contributed by atoms with Gasteiger partial charge in [-0.05, 0) is 12.1 Å². The Kier molecular flexibility index (Phi) is 1.45. The molecule has 2 N–H and O–H groups in total. The van der Waals surface area contributed by atoms with Gasteiger partial charge >= 0.3 is 0 Å². The molecule has 2 aromatic rings. The summed E-state index contributed by atoms with van der Waals surface area (Å²) in [5, 5.41) is 0.919. The lowest BCUT2D eigenvalue weighted by atomic mass is 10.2. The van der Waals surface area contributed by atoms with Gasteiger partial charge in [0.2, 0.25) is 0 Å². The highest BCUT2D eigenvalue weighted by molar-refractivity contribution is 5.80. The third-order valence-electron chi connectivity index (χ3n) is 1.72. The third-order valence-corrected chi connectivity index (χ3v) is 1.72. The Bertz CT molecular complexity index is 423. The molecule has 60 valence electrons. The Morgan fingerprint density at radius 1 is 1.50 bits per heavy atom. The van der Waals surface area contributed by atoms with Crippen LogP contribution in [0.25, 0.3) is 10.9 Å². The minimum atomic E-state index is -0.772. The van der Waals surface area contributed by atoms with Crippen LogP contribution in [0.15, 0.2) is 30.7 Å². The first-order chi connectivity index (χ1) is 6.29. The van der Waals surface area contributed by atoms with Gasteiger partial charge in [0.25, 0.3) is 0 Å². The van der Waals surface area contributed by atoms with Gasteiger partial charge < -0.3 is 5.73 Å². The molecule has 2 aromatic heterocycles. The smallest absolute Gasteiger partial charge is 0.0777 e. The Morgan fingerprint density at radius 3 is 3.25 bits per heavy atom. The van der Waals surface area contributed by atoms with Crippen molar-refractivity contribution in [1.29, 1.82) is 0 Å². The van der Waals surface area contributed by atoms with E-state index >= 15 is 0 Å². The highest BCUT2D eigenvalue weighted by atomic mass is 14.7. The Labute approximate surface area is 71.7 Å². The van der Waals surface area contributed by atoms with Gasteiger partial charge in [-0.2, -0.15) is 0 Å². The second-order valence-corrected chi connectivity index (χ2v) is 2.47. The minimum absolute atomic E-state index is 0.665. The average Bonchev–Trinajstić information content (AvgIpc) is 2.17. The Morgan fingerprint density at radius 2 is 2.42 bits per heavy atom. The summed E-state index contributed by atoms with van der Waals surface area (Å²) in [7, 11) is 0. The van der Waals surface area contributed by atoms with E-state index in [4.69, 9.17) is 7.10 Å². The number of fused-ring (bicyclic) bond motifs is 1. The molecule has 0 spiro atoms. The second-order valence-electron chi connectivity index (χ2n) is 2.47. The lowest BCUT2D eigenvalue weighted by Gasteiger charge is -2.00. The number of pyridine rings is 2. The maximum absolute atomic E-state index is 7.40. The van der Waals surface area contributed by atoms with E-state index in [0.717, 1.165) is 10.9 Å². The minimum Gasteiger partial charge on any atom is -0.326 e. The quantitative estimate of drug-likeness (QED) is 0.679. The number of nitrogens with zero attached hydrogens (tertiary/aromatic N) is 2. The van der Waals surface area contributed by atoms with E-state index < -0.39 is 6.52 Å². The summed E-state index contributed by atoms with van der Waals surface area (Å²) in [5.41, 5.74) is 6.90. The number of aromatic nitrogens is 2. The number of nitrogens with two attached hydrogens (primary N) is 1. The van der Waals surface area contributed by atoms with Crippen LogP contribution in [-0.4, -0.2) is 9.97 Å². The largest absolute Gasteiger partial charge is 0.326 e. The highest BCUT2D eigenvalue weighted by Crippen LogP contribution is 2.12. The van der Waals surface area contributed by atoms with Crippen LogP contribution in [0.5, 0.6) is 0 Å². The first kappa shape index (κ1) is 6.08. The molecule has 0 aliphatic heterocycles. The summed E-state index contributed by atoms with van der Waals surface area (Å²) in [6, 6.07) is 3.74. The van der Waals surface area contributed by atoms with E-state index in [1.165, 1.54) is 0 Å². The van der Waals surface area contributed by atoms with Crippen LogP contribution in [0.3, 0.4) is 0 Å². The summed E-state index contributed by atoms with van der Waals surface area (Å²) in [6.45, 7) is -0.772. The van der Waals surface area contributed by atoms with E-state index in [0.29, 0.717) is 5.56 Å². The van der Waals surface area contributed by atoms with Gasteiger partial charge in [-0.25, -0.2) is 0 Å². The fraction of sp³-hybridized carbons (Fsp3) is 0.111. The van der Waals surface area contributed by atoms with Crippen LogP contribution in [0.2, 0.25) is 0 Å². The SMILES string of the molecule is [2H]C(N)c1cncc2cccnc12. The second kappa shape index (κ2) is 2.87. The van der Waals surface area contributed by atoms with Crippen molar-refractivity contribution < 1.29 is 1.37 Å². The standard InChI is InChI=1S/C9H9N3/c10-4-8-6-11-5-7-2-1-3-12-9(7)8/h1-3,5-6H,4,10H2/i4D. The molecule has 0 amide bonds. The predicted octanol–water partition coefficient (Wildman–Crippen LogP) is 1.09. The van der Waals surface area contributed by atoms with Crippen molar-refractivity contribution in [3.63, 3.8) is 0 Å². The van der Waals surface area contributed by atoms with Crippen molar-refractivity contribution in [2.45, 2.75) is 6.52 Å². The van der Waals surface area contributed by atoms with Crippen molar-refractivity contribution in [3.05, 3.63) is 36.3 Å². The molecule has 1 atom stereocenters. The first-order valence-corrected chi connectivity index (χ1v) is 3.65. The molecular formula is C9H9N3. The molecule has 0 aliphatic carbocycles. The lowest BCUT2D eigenvalue weighted by molar-refractivity contribution is 1.06. The van der Waals surface area contributed by atoms with E-state index in [9.17, 15) is 0 Å². The van der Waals surface area contributed by atoms with Gasteiger partial charge in [0.05, 0.1) is 5.52 Å². The molecule has 2 rings (SSSR count). The predicted molar refractivity (Wildman–Crippen MR) is 47.4 cm³/mol. The van der Waals surface area contributed by atoms with Gasteiger partial charge in [-0.3, -0.25) is 9.97 Å². The molecule has 0 fully saturated rings. The van der Waals surface area contributed by atoms with Gasteiger partial charge in [-0.1, -0.05) is 0 Å². The van der Waals surface area contributed by atoms with Crippen molar-refractivity contribution in [1.82, 2.24) is 9.97 Å². The molecule has 0 saturated heterocycles. The lowest BCUT2D eigenvalue weighted by Crippen LogP contribution is -1.98. The maximum Gasteiger partial charge on any atom is 0.0777 e. The fourth-order valence-corrected chi connectivity index (χ4v) is 1.14. The summed E-state index contributed by atoms with van der Waals surface area (Å²) >= 11 is 0. The van der Waals surface area contributed by atoms with Crippen LogP contribution in [0.4, 0.5) is 0 Å². The summed E-state index contributed by atoms with van der Waals surface area (Å²) in [6.07, 6.45) is 5.00. The molecule has 0 aliphatic rings. The molecule has 0 radical (unpaired) electrons. The average molecular weight is 160 g/mol. The molecule has 1 unspecified atom stereocenters. The number of hydrogen-bond acceptors (Lipinski definition) is 3. The van der Waals surface area contributed by atoms with E-state index in [1.54, 1.807) is 18.6 Å². The normalized spacial score (nSPS) is 14.2. The first-order valence-electron chi connectivity index (χ1n) is 4.23. The van der Waals surface area contributed by atoms with Crippen molar-refractivity contribution >= 4 is 10.9 Å². The summed E-state index contributed by atoms with van der Waals surface area (Å²) < 4.78 is 7.40. The Balaban J connectivity index is 2.76. The van der Waals surface area contributed by atoms with Crippen LogP contribution >= 0.6 is 0 Å². The van der Waals surface area contributed by atoms with E-state index in [-0.39, 0.29) is 0 Å². The van der Waals surface area contributed by atoms with Gasteiger partial charge in [0.1, 0.15) is 0 Å². The number of hydrogen-bond donors (Lipinski definition) is 1. The molecule has 3 nitrogen and oxygen atoms in total. The molecular weight excluding hydrogens is 150 g/mol. The van der Waals surface area contributed by atoms with Crippen LogP contribution < -0.4 is 5.73 Å². The summed E-state index contributed by atoms with van der Waals surface area (Å²) in [5.74, 6) is 0. The van der Waals surface area contributed by atoms with Crippen molar-refractivity contribution in [3.8, 4) is 0 Å². The maximum atomic E-state index is 7.40. The zero-order valence-corrected chi connectivity index (χ0v) is 6.44. The summed E-state index contributed by atoms with van der Waals surface area (Å²) in [4.78, 5) is 8.16. The van der Waals surface area contributed by atoms with Crippen molar-refractivity contribution in [2.75, 3.05) is 0 Å². The van der Waals surface area contributed by atoms with Crippen LogP contribution in [-0.2, 0) is 6.52 Å². The Hall–Kier alpha value is -1.48. The molecule has 0 aromatic carbocycles. The topological polar surface area (TPSA) is 51.8 Å².